The molecule has 0 aliphatic rings. The molecule has 0 spiro atoms. The molecule has 1 heterocycles. The number of pyridine rings is 1. The van der Waals surface area contributed by atoms with Gasteiger partial charge in [-0.25, -0.2) is 4.98 Å². The third-order valence-corrected chi connectivity index (χ3v) is 3.86. The first-order valence-corrected chi connectivity index (χ1v) is 7.76. The molecule has 112 valence electrons. The summed E-state index contributed by atoms with van der Waals surface area (Å²) in [6, 6.07) is 14.7. The summed E-state index contributed by atoms with van der Waals surface area (Å²) in [4.78, 5) is 6.74. The summed E-state index contributed by atoms with van der Waals surface area (Å²) >= 11 is 5.87. The van der Waals surface area contributed by atoms with Gasteiger partial charge in [0.25, 0.3) is 0 Å². The van der Waals surface area contributed by atoms with E-state index in [4.69, 9.17) is 11.6 Å². The quantitative estimate of drug-likeness (QED) is 0.829. The number of likely N-dealkylation sites (N-methyl/N-ethyl adjacent to an activating group) is 1. The normalized spacial score (nSPS) is 12.4. The second-order valence-corrected chi connectivity index (χ2v) is 5.33. The van der Waals surface area contributed by atoms with Crippen LogP contribution in [0, 0.1) is 0 Å². The van der Waals surface area contributed by atoms with Crippen LogP contribution in [0.1, 0.15) is 25.5 Å². The van der Waals surface area contributed by atoms with Crippen molar-refractivity contribution in [3.63, 3.8) is 0 Å². The van der Waals surface area contributed by atoms with Gasteiger partial charge in [-0.05, 0) is 30.8 Å². The summed E-state index contributed by atoms with van der Waals surface area (Å²) in [5.41, 5.74) is 1.32. The van der Waals surface area contributed by atoms with Gasteiger partial charge < -0.3 is 5.32 Å². The predicted octanol–water partition coefficient (Wildman–Crippen LogP) is 4.23. The van der Waals surface area contributed by atoms with Crippen LogP contribution in [-0.4, -0.2) is 29.5 Å². The Balaban J connectivity index is 2.10. The summed E-state index contributed by atoms with van der Waals surface area (Å²) in [7, 11) is 0. The number of aromatic nitrogens is 1. The van der Waals surface area contributed by atoms with E-state index >= 15 is 0 Å². The highest BCUT2D eigenvalue weighted by atomic mass is 35.5. The van der Waals surface area contributed by atoms with Crippen molar-refractivity contribution in [2.75, 3.05) is 25.0 Å². The van der Waals surface area contributed by atoms with Crippen LogP contribution in [0.4, 0.5) is 5.82 Å². The van der Waals surface area contributed by atoms with Gasteiger partial charge >= 0.3 is 0 Å². The van der Waals surface area contributed by atoms with E-state index in [0.29, 0.717) is 11.1 Å². The Labute approximate surface area is 132 Å². The maximum Gasteiger partial charge on any atom is 0.126 e. The summed E-state index contributed by atoms with van der Waals surface area (Å²) < 4.78 is 0. The van der Waals surface area contributed by atoms with Gasteiger partial charge in [0, 0.05) is 12.7 Å². The van der Waals surface area contributed by atoms with Crippen LogP contribution in [0.2, 0.25) is 5.02 Å². The number of halogens is 1. The Kier molecular flexibility index (Phi) is 6.03. The zero-order valence-electron chi connectivity index (χ0n) is 12.6. The largest absolute Gasteiger partial charge is 0.368 e. The molecule has 1 N–H and O–H groups in total. The van der Waals surface area contributed by atoms with Crippen LogP contribution in [0.15, 0.2) is 48.7 Å². The molecule has 0 amide bonds. The van der Waals surface area contributed by atoms with E-state index in [-0.39, 0.29) is 0 Å². The molecule has 1 atom stereocenters. The summed E-state index contributed by atoms with van der Waals surface area (Å²) in [5.74, 6) is 0.854. The Morgan fingerprint density at radius 1 is 1.10 bits per heavy atom. The van der Waals surface area contributed by atoms with E-state index < -0.39 is 0 Å². The van der Waals surface area contributed by atoms with E-state index in [2.05, 4.69) is 59.4 Å². The van der Waals surface area contributed by atoms with Crippen LogP contribution in [-0.2, 0) is 0 Å². The highest BCUT2D eigenvalue weighted by Crippen LogP contribution is 2.21. The first kappa shape index (κ1) is 15.8. The first-order valence-electron chi connectivity index (χ1n) is 7.39. The van der Waals surface area contributed by atoms with Crippen LogP contribution in [0.3, 0.4) is 0 Å². The number of nitrogens with zero attached hydrogens (tertiary/aromatic N) is 2. The number of hydrogen-bond acceptors (Lipinski definition) is 3. The average Bonchev–Trinajstić information content (AvgIpc) is 2.54. The lowest BCUT2D eigenvalue weighted by atomic mass is 10.1. The van der Waals surface area contributed by atoms with Gasteiger partial charge in [0.05, 0.1) is 11.1 Å². The lowest BCUT2D eigenvalue weighted by Crippen LogP contribution is -2.33. The second kappa shape index (κ2) is 8.01. The fourth-order valence-electron chi connectivity index (χ4n) is 2.48. The van der Waals surface area contributed by atoms with Gasteiger partial charge in [-0.1, -0.05) is 55.8 Å². The van der Waals surface area contributed by atoms with E-state index in [0.717, 1.165) is 25.5 Å². The maximum absolute atomic E-state index is 5.87. The van der Waals surface area contributed by atoms with E-state index in [1.54, 1.807) is 6.20 Å². The molecule has 1 unspecified atom stereocenters. The van der Waals surface area contributed by atoms with Gasteiger partial charge in [0.1, 0.15) is 5.82 Å². The third-order valence-electron chi connectivity index (χ3n) is 3.64. The number of benzene rings is 1. The zero-order valence-corrected chi connectivity index (χ0v) is 13.3. The highest BCUT2D eigenvalue weighted by Gasteiger charge is 2.17. The van der Waals surface area contributed by atoms with Crippen molar-refractivity contribution in [2.45, 2.75) is 19.9 Å². The summed E-state index contributed by atoms with van der Waals surface area (Å²) in [5, 5.41) is 4.06. The van der Waals surface area contributed by atoms with Crippen molar-refractivity contribution in [2.24, 2.45) is 0 Å². The third kappa shape index (κ3) is 4.45. The standard InChI is InChI=1S/C17H22ClN3/c1-3-21(4-2)16(14-8-6-5-7-9-14)13-20-17-11-10-15(18)12-19-17/h5-12,16H,3-4,13H2,1-2H3,(H,19,20). The van der Waals surface area contributed by atoms with Crippen molar-refractivity contribution in [3.8, 4) is 0 Å². The Hall–Kier alpha value is -1.58. The van der Waals surface area contributed by atoms with Crippen LogP contribution < -0.4 is 5.32 Å². The van der Waals surface area contributed by atoms with Gasteiger partial charge in [-0.3, -0.25) is 4.90 Å². The number of anilines is 1. The van der Waals surface area contributed by atoms with Gasteiger partial charge in [0.2, 0.25) is 0 Å². The van der Waals surface area contributed by atoms with Crippen LogP contribution in [0.5, 0.6) is 0 Å². The fraction of sp³-hybridized carbons (Fsp3) is 0.353. The molecule has 4 heteroatoms. The summed E-state index contributed by atoms with van der Waals surface area (Å²) in [6.45, 7) is 7.25. The van der Waals surface area contributed by atoms with Crippen molar-refractivity contribution in [3.05, 3.63) is 59.2 Å². The predicted molar refractivity (Wildman–Crippen MR) is 89.8 cm³/mol. The highest BCUT2D eigenvalue weighted by molar-refractivity contribution is 6.30. The molecular weight excluding hydrogens is 282 g/mol. The van der Waals surface area contributed by atoms with E-state index in [1.165, 1.54) is 5.56 Å². The fourth-order valence-corrected chi connectivity index (χ4v) is 2.59. The van der Waals surface area contributed by atoms with Crippen molar-refractivity contribution in [1.82, 2.24) is 9.88 Å². The molecule has 2 rings (SSSR count). The molecule has 1 aromatic heterocycles. The molecule has 0 saturated carbocycles. The minimum atomic E-state index is 0.332. The molecule has 2 aromatic rings. The van der Waals surface area contributed by atoms with Crippen molar-refractivity contribution < 1.29 is 0 Å². The molecule has 0 saturated heterocycles. The SMILES string of the molecule is CCN(CC)C(CNc1ccc(Cl)cn1)c1ccccc1. The molecule has 0 aliphatic heterocycles. The van der Waals surface area contributed by atoms with Crippen molar-refractivity contribution in [1.29, 1.82) is 0 Å². The summed E-state index contributed by atoms with van der Waals surface area (Å²) in [6.07, 6.45) is 1.67. The first-order chi connectivity index (χ1) is 10.2. The van der Waals surface area contributed by atoms with E-state index in [9.17, 15) is 0 Å². The number of nitrogens with one attached hydrogen (secondary N) is 1. The Morgan fingerprint density at radius 3 is 2.38 bits per heavy atom. The van der Waals surface area contributed by atoms with Crippen molar-refractivity contribution >= 4 is 17.4 Å². The minimum Gasteiger partial charge on any atom is -0.368 e. The van der Waals surface area contributed by atoms with Gasteiger partial charge in [-0.2, -0.15) is 0 Å². The molecule has 0 fully saturated rings. The van der Waals surface area contributed by atoms with Gasteiger partial charge in [0.15, 0.2) is 0 Å². The number of rotatable bonds is 7. The second-order valence-electron chi connectivity index (χ2n) is 4.89. The monoisotopic (exact) mass is 303 g/mol. The van der Waals surface area contributed by atoms with Gasteiger partial charge in [-0.15, -0.1) is 0 Å². The lowest BCUT2D eigenvalue weighted by Gasteiger charge is -2.30. The molecule has 1 aromatic carbocycles. The number of hydrogen-bond donors (Lipinski definition) is 1. The molecule has 0 aliphatic carbocycles. The Morgan fingerprint density at radius 2 is 1.81 bits per heavy atom. The molecule has 3 nitrogen and oxygen atoms in total. The molecule has 0 radical (unpaired) electrons. The van der Waals surface area contributed by atoms with Crippen LogP contribution in [0.25, 0.3) is 0 Å². The Bertz CT molecular complexity index is 523. The molecular formula is C17H22ClN3. The van der Waals surface area contributed by atoms with E-state index in [1.807, 2.05) is 12.1 Å². The lowest BCUT2D eigenvalue weighted by molar-refractivity contribution is 0.228. The zero-order chi connectivity index (χ0) is 15.1. The molecule has 21 heavy (non-hydrogen) atoms. The topological polar surface area (TPSA) is 28.2 Å². The maximum atomic E-state index is 5.87. The smallest absolute Gasteiger partial charge is 0.126 e. The van der Waals surface area contributed by atoms with Crippen LogP contribution >= 0.6 is 11.6 Å². The minimum absolute atomic E-state index is 0.332. The molecule has 0 bridgehead atoms. The average molecular weight is 304 g/mol.